The van der Waals surface area contributed by atoms with Crippen LogP contribution in [-0.2, 0) is 23.1 Å². The molecule has 2 aromatic heterocycles. The molecule has 0 amide bonds. The Morgan fingerprint density at radius 2 is 1.93 bits per heavy atom. The molecule has 3 heterocycles. The third-order valence-corrected chi connectivity index (χ3v) is 6.43. The highest BCUT2D eigenvalue weighted by Gasteiger charge is 2.59. The highest BCUT2D eigenvalue weighted by molar-refractivity contribution is 7.92. The van der Waals surface area contributed by atoms with Crippen LogP contribution in [0.1, 0.15) is 23.6 Å². The van der Waals surface area contributed by atoms with Crippen LogP contribution in [0.15, 0.2) is 59.9 Å². The van der Waals surface area contributed by atoms with E-state index >= 15 is 0 Å². The van der Waals surface area contributed by atoms with Crippen molar-refractivity contribution >= 4 is 21.5 Å². The first-order chi connectivity index (χ1) is 13.8. The molecule has 2 aliphatic rings. The highest BCUT2D eigenvalue weighted by Crippen LogP contribution is 2.52. The van der Waals surface area contributed by atoms with Crippen LogP contribution < -0.4 is 9.62 Å². The van der Waals surface area contributed by atoms with Gasteiger partial charge in [0.1, 0.15) is 11.9 Å². The summed E-state index contributed by atoms with van der Waals surface area (Å²) in [6, 6.07) is 11.2. The molecule has 29 heavy (non-hydrogen) atoms. The molecule has 150 valence electrons. The summed E-state index contributed by atoms with van der Waals surface area (Å²) < 4.78 is 55.6. The fourth-order valence-electron chi connectivity index (χ4n) is 3.54. The van der Waals surface area contributed by atoms with E-state index in [-0.39, 0.29) is 11.4 Å². The largest absolute Gasteiger partial charge is 0.348 e. The number of sulfonamides is 1. The van der Waals surface area contributed by atoms with Crippen molar-refractivity contribution in [1.82, 2.24) is 14.8 Å². The lowest BCUT2D eigenvalue weighted by molar-refractivity contribution is 0.0981. The molecule has 1 atom stereocenters. The average Bonchev–Trinajstić information content (AvgIpc) is 3.11. The van der Waals surface area contributed by atoms with Crippen molar-refractivity contribution in [3.8, 4) is 0 Å². The maximum Gasteiger partial charge on any atom is 0.281 e. The quantitative estimate of drug-likeness (QED) is 0.690. The smallest absolute Gasteiger partial charge is 0.281 e. The first kappa shape index (κ1) is 18.0. The maximum atomic E-state index is 13.2. The number of rotatable bonds is 5. The van der Waals surface area contributed by atoms with E-state index in [0.29, 0.717) is 18.8 Å². The predicted octanol–water partition coefficient (Wildman–Crippen LogP) is 3.18. The zero-order valence-corrected chi connectivity index (χ0v) is 16.0. The fraction of sp³-hybridized carbons (Fsp3) is 0.263. The molecule has 0 bridgehead atoms. The van der Waals surface area contributed by atoms with Gasteiger partial charge >= 0.3 is 0 Å². The summed E-state index contributed by atoms with van der Waals surface area (Å²) in [5, 5.41) is 3.58. The number of hydrogen-bond donors (Lipinski definition) is 1. The van der Waals surface area contributed by atoms with Crippen LogP contribution in [0.2, 0.25) is 0 Å². The van der Waals surface area contributed by atoms with Crippen molar-refractivity contribution in [2.24, 2.45) is 0 Å². The summed E-state index contributed by atoms with van der Waals surface area (Å²) in [6.45, 7) is 1.13. The van der Waals surface area contributed by atoms with Gasteiger partial charge in [-0.1, -0.05) is 18.2 Å². The maximum absolute atomic E-state index is 13.2. The number of fused-ring (bicyclic) bond motifs is 1. The second-order valence-corrected chi connectivity index (χ2v) is 8.84. The third kappa shape index (κ3) is 3.23. The second kappa shape index (κ2) is 6.24. The molecule has 0 radical (unpaired) electrons. The van der Waals surface area contributed by atoms with Gasteiger partial charge in [0.05, 0.1) is 5.69 Å². The van der Waals surface area contributed by atoms with Gasteiger partial charge in [0.25, 0.3) is 15.9 Å². The monoisotopic (exact) mass is 417 g/mol. The van der Waals surface area contributed by atoms with Crippen LogP contribution in [0.5, 0.6) is 0 Å². The van der Waals surface area contributed by atoms with Crippen molar-refractivity contribution in [2.75, 3.05) is 9.62 Å². The number of nitrogens with one attached hydrogen (secondary N) is 1. The highest BCUT2D eigenvalue weighted by atomic mass is 32.2. The van der Waals surface area contributed by atoms with Crippen molar-refractivity contribution in [2.45, 2.75) is 36.5 Å². The van der Waals surface area contributed by atoms with Gasteiger partial charge in [-0.3, -0.25) is 9.40 Å². The van der Waals surface area contributed by atoms with E-state index in [2.05, 4.69) is 14.8 Å². The van der Waals surface area contributed by atoms with E-state index in [9.17, 15) is 17.2 Å². The molecule has 1 aromatic carbocycles. The van der Waals surface area contributed by atoms with Crippen molar-refractivity contribution in [3.05, 3.63) is 66.0 Å². The molecule has 10 heteroatoms. The number of alkyl halides is 2. The van der Waals surface area contributed by atoms with E-state index in [1.54, 1.807) is 18.3 Å². The van der Waals surface area contributed by atoms with E-state index in [1.807, 2.05) is 29.2 Å². The topological polar surface area (TPSA) is 80.1 Å². The van der Waals surface area contributed by atoms with Crippen LogP contribution in [0.4, 0.5) is 20.3 Å². The molecule has 1 N–H and O–H groups in total. The number of hydrogen-bond acceptors (Lipinski definition) is 5. The number of halogens is 2. The molecule has 5 rings (SSSR count). The third-order valence-electron chi connectivity index (χ3n) is 5.17. The van der Waals surface area contributed by atoms with Gasteiger partial charge in [-0.15, -0.1) is 0 Å². The predicted molar refractivity (Wildman–Crippen MR) is 102 cm³/mol. The molecule has 7 nitrogen and oxygen atoms in total. The Morgan fingerprint density at radius 1 is 1.10 bits per heavy atom. The first-order valence-corrected chi connectivity index (χ1v) is 10.5. The Hall–Kier alpha value is -3.01. The summed E-state index contributed by atoms with van der Waals surface area (Å²) in [5.41, 5.74) is 2.31. The van der Waals surface area contributed by atoms with Crippen LogP contribution in [0.25, 0.3) is 0 Å². The molecule has 0 spiro atoms. The summed E-state index contributed by atoms with van der Waals surface area (Å²) >= 11 is 0. The van der Waals surface area contributed by atoms with Gasteiger partial charge in [0.15, 0.2) is 5.03 Å². The van der Waals surface area contributed by atoms with E-state index in [4.69, 9.17) is 0 Å². The molecular weight excluding hydrogens is 400 g/mol. The Morgan fingerprint density at radius 3 is 2.66 bits per heavy atom. The Kier molecular flexibility index (Phi) is 3.89. The molecule has 3 aromatic rings. The minimum absolute atomic E-state index is 0.280. The van der Waals surface area contributed by atoms with Crippen LogP contribution >= 0.6 is 0 Å². The second-order valence-electron chi connectivity index (χ2n) is 7.21. The standard InChI is InChI=1S/C19H17F2N5O2S/c20-19(21)10-16(19)26-9-7-18(23-26)29(27,28)24-15-5-3-4-13-11-25(12-14(13)15)17-6-1-2-8-22-17/h1-9,16,24H,10-12H2. The molecule has 1 aliphatic heterocycles. The summed E-state index contributed by atoms with van der Waals surface area (Å²) in [6.07, 6.45) is 2.66. The van der Waals surface area contributed by atoms with Gasteiger partial charge in [0, 0.05) is 37.5 Å². The lowest BCUT2D eigenvalue weighted by Gasteiger charge is -2.16. The van der Waals surface area contributed by atoms with E-state index < -0.39 is 22.0 Å². The lowest BCUT2D eigenvalue weighted by Crippen LogP contribution is -2.17. The molecule has 0 saturated heterocycles. The van der Waals surface area contributed by atoms with E-state index in [1.165, 1.54) is 12.3 Å². The molecule has 1 aliphatic carbocycles. The number of anilines is 2. The average molecular weight is 417 g/mol. The molecule has 1 fully saturated rings. The Balaban J connectivity index is 1.39. The van der Waals surface area contributed by atoms with Crippen molar-refractivity contribution in [3.63, 3.8) is 0 Å². The summed E-state index contributed by atoms with van der Waals surface area (Å²) in [7, 11) is -4.00. The van der Waals surface area contributed by atoms with Gasteiger partial charge in [-0.05, 0) is 29.8 Å². The van der Waals surface area contributed by atoms with Gasteiger partial charge < -0.3 is 4.90 Å². The summed E-state index contributed by atoms with van der Waals surface area (Å²) in [5.74, 6) is -2.02. The Bertz CT molecular complexity index is 1180. The van der Waals surface area contributed by atoms with E-state index in [0.717, 1.165) is 21.6 Å². The number of nitrogens with zero attached hydrogens (tertiary/aromatic N) is 4. The molecule has 1 saturated carbocycles. The minimum atomic E-state index is -4.00. The van der Waals surface area contributed by atoms with Crippen LogP contribution in [0, 0.1) is 0 Å². The Labute approximate surface area is 166 Å². The number of aromatic nitrogens is 3. The van der Waals surface area contributed by atoms with Crippen molar-refractivity contribution < 1.29 is 17.2 Å². The summed E-state index contributed by atoms with van der Waals surface area (Å²) in [4.78, 5) is 6.39. The number of pyridine rings is 1. The minimum Gasteiger partial charge on any atom is -0.348 e. The van der Waals surface area contributed by atoms with Gasteiger partial charge in [-0.2, -0.15) is 13.5 Å². The zero-order chi connectivity index (χ0) is 20.2. The van der Waals surface area contributed by atoms with Gasteiger partial charge in [-0.25, -0.2) is 13.8 Å². The van der Waals surface area contributed by atoms with Crippen molar-refractivity contribution in [1.29, 1.82) is 0 Å². The van der Waals surface area contributed by atoms with Crippen LogP contribution in [0.3, 0.4) is 0 Å². The van der Waals surface area contributed by atoms with Crippen LogP contribution in [-0.4, -0.2) is 29.1 Å². The molecule has 1 unspecified atom stereocenters. The van der Waals surface area contributed by atoms with Gasteiger partial charge in [0.2, 0.25) is 0 Å². The molecular formula is C19H17F2N5O2S. The normalized spacial score (nSPS) is 19.8. The SMILES string of the molecule is O=S(=O)(Nc1cccc2c1CN(c1ccccn1)C2)c1ccn(C2CC2(F)F)n1. The zero-order valence-electron chi connectivity index (χ0n) is 15.2. The number of benzene rings is 1. The first-order valence-electron chi connectivity index (χ1n) is 9.06. The fourth-order valence-corrected chi connectivity index (χ4v) is 4.57. The lowest BCUT2D eigenvalue weighted by atomic mass is 10.1.